The molecule has 0 aliphatic heterocycles. The molecule has 0 bridgehead atoms. The summed E-state index contributed by atoms with van der Waals surface area (Å²) in [5.41, 5.74) is 4.83. The highest BCUT2D eigenvalue weighted by molar-refractivity contribution is 7.07. The van der Waals surface area contributed by atoms with Crippen LogP contribution in [-0.2, 0) is 0 Å². The average molecular weight is 205 g/mol. The summed E-state index contributed by atoms with van der Waals surface area (Å²) in [6, 6.07) is 6.97. The second-order valence-electron chi connectivity index (χ2n) is 2.70. The molecule has 0 fully saturated rings. The fraction of sp³-hybridized carbons (Fsp3) is 0. The predicted molar refractivity (Wildman–Crippen MR) is 53.9 cm³/mol. The lowest BCUT2D eigenvalue weighted by Gasteiger charge is -1.93. The maximum absolute atomic E-state index is 10.8. The van der Waals surface area contributed by atoms with Gasteiger partial charge in [-0.05, 0) is 0 Å². The maximum Gasteiger partial charge on any atom is 0.292 e. The molecule has 0 amide bonds. The zero-order valence-electron chi connectivity index (χ0n) is 7.18. The molecular formula is C9H7N3OS+. The molecule has 1 aromatic carbocycles. The van der Waals surface area contributed by atoms with Gasteiger partial charge >= 0.3 is 0 Å². The molecule has 69 valence electrons. The molecule has 2 N–H and O–H groups in total. The van der Waals surface area contributed by atoms with E-state index in [-0.39, 0.29) is 0 Å². The molecule has 2 aromatic rings. The van der Waals surface area contributed by atoms with Crippen LogP contribution in [0.3, 0.4) is 0 Å². The van der Waals surface area contributed by atoms with Gasteiger partial charge in [-0.2, -0.15) is 5.84 Å². The molecule has 0 saturated heterocycles. The first-order chi connectivity index (χ1) is 6.77. The number of thiazole rings is 1. The summed E-state index contributed by atoms with van der Waals surface area (Å²) < 4.78 is 0. The Morgan fingerprint density at radius 2 is 2.36 bits per heavy atom. The molecule has 1 radical (unpaired) electrons. The van der Waals surface area contributed by atoms with E-state index in [0.29, 0.717) is 10.6 Å². The third-order valence-electron chi connectivity index (χ3n) is 1.79. The highest BCUT2D eigenvalue weighted by Gasteiger charge is 2.10. The minimum atomic E-state index is 0.333. The first-order valence-corrected chi connectivity index (χ1v) is 4.79. The Bertz CT molecular complexity index is 453. The molecule has 0 atom stereocenters. The SMILES string of the molecule is N[N+](=O)c1cccc(-c2cs[c]n2)c1. The van der Waals surface area contributed by atoms with Crippen molar-refractivity contribution in [2.24, 2.45) is 5.84 Å². The molecule has 1 aromatic heterocycles. The minimum absolute atomic E-state index is 0.333. The van der Waals surface area contributed by atoms with Crippen LogP contribution < -0.4 is 5.84 Å². The van der Waals surface area contributed by atoms with Crippen molar-refractivity contribution in [1.29, 1.82) is 0 Å². The molecule has 0 aliphatic carbocycles. The Morgan fingerprint density at radius 3 is 3.00 bits per heavy atom. The van der Waals surface area contributed by atoms with Crippen LogP contribution in [0.2, 0.25) is 0 Å². The molecule has 0 spiro atoms. The largest absolute Gasteiger partial charge is 0.292 e. The van der Waals surface area contributed by atoms with Gasteiger partial charge in [-0.3, -0.25) is 0 Å². The van der Waals surface area contributed by atoms with Crippen LogP contribution in [0.1, 0.15) is 0 Å². The predicted octanol–water partition coefficient (Wildman–Crippen LogP) is 1.89. The Labute approximate surface area is 84.6 Å². The van der Waals surface area contributed by atoms with Gasteiger partial charge in [0.2, 0.25) is 0 Å². The van der Waals surface area contributed by atoms with Gasteiger partial charge in [-0.15, -0.1) is 11.3 Å². The van der Waals surface area contributed by atoms with Crippen molar-refractivity contribution in [2.45, 2.75) is 0 Å². The highest BCUT2D eigenvalue weighted by atomic mass is 32.1. The normalized spacial score (nSPS) is 10.0. The summed E-state index contributed by atoms with van der Waals surface area (Å²) in [4.78, 5) is 15.2. The zero-order valence-corrected chi connectivity index (χ0v) is 7.99. The Morgan fingerprint density at radius 1 is 1.50 bits per heavy atom. The second-order valence-corrected chi connectivity index (χ2v) is 3.35. The third kappa shape index (κ3) is 1.62. The first-order valence-electron chi connectivity index (χ1n) is 3.91. The van der Waals surface area contributed by atoms with E-state index in [1.165, 1.54) is 11.3 Å². The summed E-state index contributed by atoms with van der Waals surface area (Å²) in [6.45, 7) is 0. The van der Waals surface area contributed by atoms with Gasteiger partial charge in [0, 0.05) is 23.1 Å². The molecule has 0 aliphatic rings. The summed E-state index contributed by atoms with van der Waals surface area (Å²) in [6.07, 6.45) is 0. The van der Waals surface area contributed by atoms with Gasteiger partial charge in [0.15, 0.2) is 10.4 Å². The topological polar surface area (TPSA) is 59.0 Å². The number of nitrogens with zero attached hydrogens (tertiary/aromatic N) is 2. The zero-order chi connectivity index (χ0) is 9.97. The standard InChI is InChI=1S/C9H7N3OS/c10-12(13)8-3-1-2-7(4-8)9-5-14-6-11-9/h1-5H,(H2,10,13)/q+1. The van der Waals surface area contributed by atoms with E-state index in [2.05, 4.69) is 10.5 Å². The number of hydrogen-bond donors (Lipinski definition) is 1. The number of hydrazine groups is 1. The third-order valence-corrected chi connectivity index (χ3v) is 2.32. The first kappa shape index (κ1) is 8.83. The monoisotopic (exact) mass is 205 g/mol. The van der Waals surface area contributed by atoms with Gasteiger partial charge in [-0.1, -0.05) is 12.1 Å². The van der Waals surface area contributed by atoms with Gasteiger partial charge in [-0.25, -0.2) is 4.98 Å². The van der Waals surface area contributed by atoms with Crippen molar-refractivity contribution in [2.75, 3.05) is 0 Å². The van der Waals surface area contributed by atoms with Crippen LogP contribution in [-0.4, -0.2) is 9.85 Å². The number of rotatable bonds is 2. The molecule has 1 heterocycles. The quantitative estimate of drug-likeness (QED) is 0.462. The number of nitrogens with two attached hydrogens (primary N) is 1. The van der Waals surface area contributed by atoms with E-state index in [1.54, 1.807) is 18.2 Å². The molecule has 14 heavy (non-hydrogen) atoms. The van der Waals surface area contributed by atoms with Crippen LogP contribution in [0, 0.1) is 10.4 Å². The lowest BCUT2D eigenvalue weighted by Crippen LogP contribution is -2.08. The van der Waals surface area contributed by atoms with Crippen LogP contribution in [0.4, 0.5) is 5.69 Å². The van der Waals surface area contributed by atoms with Crippen molar-refractivity contribution in [3.05, 3.63) is 40.1 Å². The van der Waals surface area contributed by atoms with E-state index in [9.17, 15) is 4.91 Å². The van der Waals surface area contributed by atoms with Crippen molar-refractivity contribution >= 4 is 17.0 Å². The lowest BCUT2D eigenvalue weighted by molar-refractivity contribution is -0.474. The van der Waals surface area contributed by atoms with E-state index in [0.717, 1.165) is 11.3 Å². The van der Waals surface area contributed by atoms with Gasteiger partial charge < -0.3 is 0 Å². The molecule has 0 unspecified atom stereocenters. The summed E-state index contributed by atoms with van der Waals surface area (Å²) in [7, 11) is 0. The summed E-state index contributed by atoms with van der Waals surface area (Å²) in [5, 5.41) is 1.87. The van der Waals surface area contributed by atoms with E-state index in [4.69, 9.17) is 5.84 Å². The number of benzene rings is 1. The lowest BCUT2D eigenvalue weighted by atomic mass is 10.1. The number of hydrogen-bond acceptors (Lipinski definition) is 3. The van der Waals surface area contributed by atoms with Crippen LogP contribution in [0.5, 0.6) is 0 Å². The average Bonchev–Trinajstić information content (AvgIpc) is 2.71. The Balaban J connectivity index is 2.46. The summed E-state index contributed by atoms with van der Waals surface area (Å²) in [5.74, 6) is 5.09. The van der Waals surface area contributed by atoms with E-state index >= 15 is 0 Å². The van der Waals surface area contributed by atoms with Crippen LogP contribution in [0.25, 0.3) is 11.3 Å². The fourth-order valence-corrected chi connectivity index (χ4v) is 1.62. The van der Waals surface area contributed by atoms with E-state index in [1.807, 2.05) is 11.4 Å². The smallest absolute Gasteiger partial charge is 0.233 e. The van der Waals surface area contributed by atoms with Gasteiger partial charge in [0.25, 0.3) is 5.69 Å². The number of aromatic nitrogens is 1. The highest BCUT2D eigenvalue weighted by Crippen LogP contribution is 2.22. The van der Waals surface area contributed by atoms with Crippen molar-refractivity contribution in [1.82, 2.24) is 4.98 Å². The second kappa shape index (κ2) is 3.55. The van der Waals surface area contributed by atoms with Gasteiger partial charge in [0.05, 0.1) is 10.6 Å². The Kier molecular flexibility index (Phi) is 2.24. The fourth-order valence-electron chi connectivity index (χ4n) is 1.12. The molecule has 2 rings (SSSR count). The minimum Gasteiger partial charge on any atom is -0.233 e. The maximum atomic E-state index is 10.8. The van der Waals surface area contributed by atoms with E-state index < -0.39 is 0 Å². The van der Waals surface area contributed by atoms with Crippen LogP contribution >= 0.6 is 11.3 Å². The summed E-state index contributed by atoms with van der Waals surface area (Å²) >= 11 is 1.39. The Hall–Kier alpha value is -1.75. The van der Waals surface area contributed by atoms with Crippen molar-refractivity contribution < 1.29 is 4.87 Å². The molecule has 0 saturated carbocycles. The number of nitroso groups, excluding NO2 is 1. The van der Waals surface area contributed by atoms with Gasteiger partial charge in [0.1, 0.15) is 0 Å². The van der Waals surface area contributed by atoms with Crippen molar-refractivity contribution in [3.63, 3.8) is 0 Å². The molecule has 5 heteroatoms. The molecular weight excluding hydrogens is 198 g/mol. The molecule has 4 nitrogen and oxygen atoms in total. The van der Waals surface area contributed by atoms with Crippen LogP contribution in [0.15, 0.2) is 29.6 Å². The van der Waals surface area contributed by atoms with Crippen molar-refractivity contribution in [3.8, 4) is 11.3 Å².